The number of nitrogens with one attached hydrogen (secondary N) is 1. The van der Waals surface area contributed by atoms with Crippen LogP contribution in [-0.2, 0) is 0 Å². The Morgan fingerprint density at radius 3 is 2.55 bits per heavy atom. The fourth-order valence-electron chi connectivity index (χ4n) is 1.74. The average molecular weight is 335 g/mol. The molecule has 1 aromatic carbocycles. The molecular formula is C13H8Cl2N6O. The van der Waals surface area contributed by atoms with Crippen molar-refractivity contribution >= 4 is 34.8 Å². The molecular weight excluding hydrogens is 327 g/mol. The normalized spacial score (nSPS) is 10.5. The van der Waals surface area contributed by atoms with E-state index in [4.69, 9.17) is 23.2 Å². The number of hydrogen-bond acceptors (Lipinski definition) is 5. The molecule has 3 rings (SSSR count). The number of nitrogens with zero attached hydrogens (tertiary/aromatic N) is 5. The van der Waals surface area contributed by atoms with Crippen LogP contribution in [0.25, 0.3) is 5.69 Å². The van der Waals surface area contributed by atoms with E-state index < -0.39 is 5.91 Å². The van der Waals surface area contributed by atoms with Crippen molar-refractivity contribution in [2.24, 2.45) is 0 Å². The minimum atomic E-state index is -0.442. The van der Waals surface area contributed by atoms with E-state index in [1.807, 2.05) is 0 Å². The topological polar surface area (TPSA) is 85.6 Å². The third kappa shape index (κ3) is 3.05. The van der Waals surface area contributed by atoms with Gasteiger partial charge in [-0.25, -0.2) is 9.67 Å². The summed E-state index contributed by atoms with van der Waals surface area (Å²) in [7, 11) is 0. The molecule has 1 N–H and O–H groups in total. The number of anilines is 1. The fourth-order valence-corrected chi connectivity index (χ4v) is 2.08. The largest absolute Gasteiger partial charge is 0.321 e. The van der Waals surface area contributed by atoms with Crippen molar-refractivity contribution in [3.63, 3.8) is 0 Å². The fraction of sp³-hybridized carbons (Fsp3) is 0. The number of tetrazole rings is 1. The van der Waals surface area contributed by atoms with Crippen LogP contribution in [0.5, 0.6) is 0 Å². The lowest BCUT2D eigenvalue weighted by Crippen LogP contribution is -2.14. The van der Waals surface area contributed by atoms with Gasteiger partial charge in [0.15, 0.2) is 0 Å². The Kier molecular flexibility index (Phi) is 3.99. The molecule has 3 aromatic rings. The molecule has 9 heteroatoms. The number of carbonyl (C=O) groups is 1. The number of carbonyl (C=O) groups excluding carboxylic acids is 1. The van der Waals surface area contributed by atoms with Crippen LogP contribution < -0.4 is 5.32 Å². The van der Waals surface area contributed by atoms with E-state index in [-0.39, 0.29) is 15.9 Å². The van der Waals surface area contributed by atoms with Crippen LogP contribution in [0.3, 0.4) is 0 Å². The van der Waals surface area contributed by atoms with E-state index in [1.165, 1.54) is 23.1 Å². The van der Waals surface area contributed by atoms with Crippen molar-refractivity contribution in [3.8, 4) is 5.69 Å². The molecule has 22 heavy (non-hydrogen) atoms. The van der Waals surface area contributed by atoms with Crippen LogP contribution in [-0.4, -0.2) is 31.1 Å². The van der Waals surface area contributed by atoms with Crippen molar-refractivity contribution < 1.29 is 4.79 Å². The lowest BCUT2D eigenvalue weighted by molar-refractivity contribution is 0.102. The number of amides is 1. The van der Waals surface area contributed by atoms with Crippen LogP contribution in [0.15, 0.2) is 42.7 Å². The summed E-state index contributed by atoms with van der Waals surface area (Å²) in [5.74, 6) is -0.442. The molecule has 0 saturated carbocycles. The molecule has 2 heterocycles. The van der Waals surface area contributed by atoms with Crippen LogP contribution in [0.2, 0.25) is 10.2 Å². The molecule has 0 aliphatic rings. The second-order valence-electron chi connectivity index (χ2n) is 4.22. The molecule has 0 atom stereocenters. The van der Waals surface area contributed by atoms with E-state index in [1.54, 1.807) is 24.3 Å². The molecule has 1 amide bonds. The highest BCUT2D eigenvalue weighted by atomic mass is 35.5. The third-order valence-electron chi connectivity index (χ3n) is 2.77. The van der Waals surface area contributed by atoms with Gasteiger partial charge in [0.1, 0.15) is 17.2 Å². The highest BCUT2D eigenvalue weighted by molar-refractivity contribution is 6.35. The van der Waals surface area contributed by atoms with Crippen LogP contribution in [0, 0.1) is 0 Å². The van der Waals surface area contributed by atoms with Crippen LogP contribution in [0.4, 0.5) is 5.69 Å². The number of hydrogen-bond donors (Lipinski definition) is 1. The van der Waals surface area contributed by atoms with Gasteiger partial charge < -0.3 is 5.32 Å². The summed E-state index contributed by atoms with van der Waals surface area (Å²) in [6.07, 6.45) is 1.48. The zero-order valence-corrected chi connectivity index (χ0v) is 12.5. The third-order valence-corrected chi connectivity index (χ3v) is 3.28. The predicted molar refractivity (Wildman–Crippen MR) is 81.4 cm³/mol. The smallest absolute Gasteiger partial charge is 0.275 e. The maximum absolute atomic E-state index is 12.1. The highest BCUT2D eigenvalue weighted by Gasteiger charge is 2.13. The van der Waals surface area contributed by atoms with Gasteiger partial charge in [-0.15, -0.1) is 5.10 Å². The Morgan fingerprint density at radius 2 is 1.86 bits per heavy atom. The number of aromatic nitrogens is 5. The molecule has 0 radical (unpaired) electrons. The molecule has 7 nitrogen and oxygen atoms in total. The zero-order chi connectivity index (χ0) is 15.5. The number of rotatable bonds is 3. The molecule has 0 aliphatic heterocycles. The Bertz CT molecular complexity index is 804. The lowest BCUT2D eigenvalue weighted by Gasteiger charge is -2.07. The van der Waals surface area contributed by atoms with Crippen molar-refractivity contribution in [3.05, 3.63) is 58.6 Å². The standard InChI is InChI=1S/C13H8Cl2N6O/c14-10-5-6-11(15)18-12(10)13(22)17-8-1-3-9(4-2-8)21-7-16-19-20-21/h1-7H,(H,17,22). The molecule has 2 aromatic heterocycles. The first-order valence-electron chi connectivity index (χ1n) is 6.10. The summed E-state index contributed by atoms with van der Waals surface area (Å²) in [6.45, 7) is 0. The Balaban J connectivity index is 1.78. The first-order valence-corrected chi connectivity index (χ1v) is 6.86. The second kappa shape index (κ2) is 6.08. The minimum Gasteiger partial charge on any atom is -0.321 e. The Hall–Kier alpha value is -2.51. The maximum atomic E-state index is 12.1. The minimum absolute atomic E-state index is 0.0683. The van der Waals surface area contributed by atoms with Crippen LogP contribution in [0.1, 0.15) is 10.5 Å². The van der Waals surface area contributed by atoms with Crippen molar-refractivity contribution in [1.29, 1.82) is 0 Å². The van der Waals surface area contributed by atoms with Crippen molar-refractivity contribution in [2.45, 2.75) is 0 Å². The molecule has 0 aliphatic carbocycles. The lowest BCUT2D eigenvalue weighted by atomic mass is 10.2. The van der Waals surface area contributed by atoms with Gasteiger partial charge in [0, 0.05) is 5.69 Å². The summed E-state index contributed by atoms with van der Waals surface area (Å²) in [5.41, 5.74) is 1.42. The number of halogens is 2. The first kappa shape index (κ1) is 14.4. The van der Waals surface area contributed by atoms with Gasteiger partial charge in [-0.05, 0) is 46.8 Å². The molecule has 0 unspecified atom stereocenters. The summed E-state index contributed by atoms with van der Waals surface area (Å²) < 4.78 is 1.50. The van der Waals surface area contributed by atoms with Gasteiger partial charge >= 0.3 is 0 Å². The highest BCUT2D eigenvalue weighted by Crippen LogP contribution is 2.19. The zero-order valence-electron chi connectivity index (χ0n) is 10.9. The second-order valence-corrected chi connectivity index (χ2v) is 5.01. The quantitative estimate of drug-likeness (QED) is 0.744. The van der Waals surface area contributed by atoms with Crippen molar-refractivity contribution in [1.82, 2.24) is 25.2 Å². The summed E-state index contributed by atoms with van der Waals surface area (Å²) >= 11 is 11.7. The SMILES string of the molecule is O=C(Nc1ccc(-n2cnnn2)cc1)c1nc(Cl)ccc1Cl. The van der Waals surface area contributed by atoms with E-state index >= 15 is 0 Å². The Morgan fingerprint density at radius 1 is 1.09 bits per heavy atom. The number of pyridine rings is 1. The number of benzene rings is 1. The van der Waals surface area contributed by atoms with Gasteiger partial charge in [0.05, 0.1) is 10.7 Å². The Labute approximate surface area is 134 Å². The van der Waals surface area contributed by atoms with Crippen molar-refractivity contribution in [2.75, 3.05) is 5.32 Å². The van der Waals surface area contributed by atoms with E-state index in [9.17, 15) is 4.79 Å². The molecule has 0 spiro atoms. The van der Waals surface area contributed by atoms with Gasteiger partial charge in [0.2, 0.25) is 0 Å². The average Bonchev–Trinajstić information content (AvgIpc) is 3.05. The van der Waals surface area contributed by atoms with Crippen LogP contribution >= 0.6 is 23.2 Å². The summed E-state index contributed by atoms with van der Waals surface area (Å²) in [4.78, 5) is 16.1. The summed E-state index contributed by atoms with van der Waals surface area (Å²) in [5, 5.41) is 14.0. The van der Waals surface area contributed by atoms with E-state index in [2.05, 4.69) is 25.8 Å². The van der Waals surface area contributed by atoms with Gasteiger partial charge in [-0.1, -0.05) is 23.2 Å². The molecule has 0 bridgehead atoms. The molecule has 0 saturated heterocycles. The van der Waals surface area contributed by atoms with E-state index in [0.717, 1.165) is 5.69 Å². The molecule has 0 fully saturated rings. The first-order chi connectivity index (χ1) is 10.6. The van der Waals surface area contributed by atoms with Gasteiger partial charge in [-0.2, -0.15) is 0 Å². The summed E-state index contributed by atoms with van der Waals surface area (Å²) in [6, 6.07) is 9.99. The monoisotopic (exact) mass is 334 g/mol. The predicted octanol–water partition coefficient (Wildman–Crippen LogP) is 2.62. The van der Waals surface area contributed by atoms with Gasteiger partial charge in [-0.3, -0.25) is 4.79 Å². The molecule has 110 valence electrons. The van der Waals surface area contributed by atoms with E-state index in [0.29, 0.717) is 5.69 Å². The van der Waals surface area contributed by atoms with Gasteiger partial charge in [0.25, 0.3) is 5.91 Å². The maximum Gasteiger partial charge on any atom is 0.275 e.